The molecule has 1 atom stereocenters. The molecule has 2 aromatic rings. The average molecular weight is 462 g/mol. The number of likely N-dealkylation sites (tertiary alicyclic amines) is 2. The lowest BCUT2D eigenvalue weighted by Gasteiger charge is -2.38. The van der Waals surface area contributed by atoms with Gasteiger partial charge in [0.15, 0.2) is 0 Å². The van der Waals surface area contributed by atoms with Crippen LogP contribution in [0.1, 0.15) is 54.4 Å². The molecule has 2 fully saturated rings. The summed E-state index contributed by atoms with van der Waals surface area (Å²) in [7, 11) is 0. The lowest BCUT2D eigenvalue weighted by Crippen LogP contribution is -2.55. The van der Waals surface area contributed by atoms with E-state index in [1.807, 2.05) is 58.3 Å². The van der Waals surface area contributed by atoms with Crippen molar-refractivity contribution in [3.05, 3.63) is 71.8 Å². The molecule has 180 valence electrons. The van der Waals surface area contributed by atoms with Crippen LogP contribution >= 0.6 is 0 Å². The van der Waals surface area contributed by atoms with Crippen LogP contribution in [0, 0.1) is 5.92 Å². The Kier molecular flexibility index (Phi) is 8.34. The highest BCUT2D eigenvalue weighted by molar-refractivity contribution is 5.97. The maximum Gasteiger partial charge on any atom is 0.251 e. The summed E-state index contributed by atoms with van der Waals surface area (Å²) in [6.45, 7) is 2.77. The SMILES string of the molecule is O=C(NC(C(=O)N1CCCCC1)C1CCN(C(=O)CCc2ccccc2)CC1)c1ccccc1. The van der Waals surface area contributed by atoms with E-state index in [1.54, 1.807) is 12.1 Å². The van der Waals surface area contributed by atoms with Gasteiger partial charge in [-0.3, -0.25) is 14.4 Å². The summed E-state index contributed by atoms with van der Waals surface area (Å²) in [5, 5.41) is 3.06. The quantitative estimate of drug-likeness (QED) is 0.684. The lowest BCUT2D eigenvalue weighted by molar-refractivity contribution is -0.137. The fourth-order valence-electron chi connectivity index (χ4n) is 5.04. The number of carbonyl (C=O) groups is 3. The van der Waals surface area contributed by atoms with Crippen LogP contribution in [0.25, 0.3) is 0 Å². The molecule has 0 aromatic heterocycles. The maximum atomic E-state index is 13.5. The molecule has 1 unspecified atom stereocenters. The minimum absolute atomic E-state index is 0.0258. The third-order valence-corrected chi connectivity index (χ3v) is 7.09. The Bertz CT molecular complexity index is 949. The normalized spacial score (nSPS) is 17.8. The Morgan fingerprint density at radius 1 is 0.794 bits per heavy atom. The van der Waals surface area contributed by atoms with Crippen LogP contribution in [0.3, 0.4) is 0 Å². The Hall–Kier alpha value is -3.15. The van der Waals surface area contributed by atoms with E-state index >= 15 is 0 Å². The fourth-order valence-corrected chi connectivity index (χ4v) is 5.04. The van der Waals surface area contributed by atoms with Crippen LogP contribution in [0.15, 0.2) is 60.7 Å². The van der Waals surface area contributed by atoms with Gasteiger partial charge in [0, 0.05) is 38.2 Å². The van der Waals surface area contributed by atoms with Crippen molar-refractivity contribution in [3.63, 3.8) is 0 Å². The highest BCUT2D eigenvalue weighted by Crippen LogP contribution is 2.24. The van der Waals surface area contributed by atoms with E-state index in [0.29, 0.717) is 25.1 Å². The number of piperidine rings is 2. The molecule has 6 heteroatoms. The number of amides is 3. The second kappa shape index (κ2) is 11.8. The van der Waals surface area contributed by atoms with Gasteiger partial charge in [0.1, 0.15) is 6.04 Å². The first-order chi connectivity index (χ1) is 16.6. The average Bonchev–Trinajstić information content (AvgIpc) is 2.91. The van der Waals surface area contributed by atoms with E-state index in [9.17, 15) is 14.4 Å². The molecular formula is C28H35N3O3. The van der Waals surface area contributed by atoms with Crippen molar-refractivity contribution in [2.75, 3.05) is 26.2 Å². The summed E-state index contributed by atoms with van der Waals surface area (Å²) in [6, 6.07) is 18.6. The molecule has 0 radical (unpaired) electrons. The smallest absolute Gasteiger partial charge is 0.251 e. The van der Waals surface area contributed by atoms with Crippen LogP contribution in [-0.4, -0.2) is 59.7 Å². The lowest BCUT2D eigenvalue weighted by atomic mass is 9.87. The summed E-state index contributed by atoms with van der Waals surface area (Å²) in [5.74, 6) is 0.00459. The van der Waals surface area contributed by atoms with Gasteiger partial charge in [-0.1, -0.05) is 48.5 Å². The van der Waals surface area contributed by atoms with Gasteiger partial charge in [-0.15, -0.1) is 0 Å². The van der Waals surface area contributed by atoms with E-state index in [2.05, 4.69) is 5.32 Å². The third kappa shape index (κ3) is 6.25. The molecule has 6 nitrogen and oxygen atoms in total. The molecule has 0 aliphatic carbocycles. The summed E-state index contributed by atoms with van der Waals surface area (Å²) in [6.07, 6.45) is 5.85. The van der Waals surface area contributed by atoms with Crippen molar-refractivity contribution in [3.8, 4) is 0 Å². The third-order valence-electron chi connectivity index (χ3n) is 7.09. The van der Waals surface area contributed by atoms with Gasteiger partial charge < -0.3 is 15.1 Å². The van der Waals surface area contributed by atoms with Crippen molar-refractivity contribution in [1.82, 2.24) is 15.1 Å². The second-order valence-corrected chi connectivity index (χ2v) is 9.41. The standard InChI is InChI=1S/C28H35N3O3/c32-25(15-14-22-10-4-1-5-11-22)30-20-16-23(17-21-30)26(28(34)31-18-8-3-9-19-31)29-27(33)24-12-6-2-7-13-24/h1-2,4-7,10-13,23,26H,3,8-9,14-21H2,(H,29,33). The van der Waals surface area contributed by atoms with Crippen LogP contribution in [0.5, 0.6) is 0 Å². The first-order valence-corrected chi connectivity index (χ1v) is 12.6. The molecule has 0 saturated carbocycles. The molecule has 2 aliphatic heterocycles. The number of nitrogens with zero attached hydrogens (tertiary/aromatic N) is 2. The second-order valence-electron chi connectivity index (χ2n) is 9.41. The Balaban J connectivity index is 1.37. The zero-order chi connectivity index (χ0) is 23.8. The van der Waals surface area contributed by atoms with Crippen LogP contribution in [-0.2, 0) is 16.0 Å². The molecule has 0 bridgehead atoms. The maximum absolute atomic E-state index is 13.5. The van der Waals surface area contributed by atoms with E-state index in [1.165, 1.54) is 5.56 Å². The molecular weight excluding hydrogens is 426 g/mol. The number of benzene rings is 2. The molecule has 0 spiro atoms. The highest BCUT2D eigenvalue weighted by atomic mass is 16.2. The van der Waals surface area contributed by atoms with Gasteiger partial charge >= 0.3 is 0 Å². The number of aryl methyl sites for hydroxylation is 1. The zero-order valence-electron chi connectivity index (χ0n) is 19.8. The number of rotatable bonds is 7. The number of nitrogens with one attached hydrogen (secondary N) is 1. The van der Waals surface area contributed by atoms with Crippen molar-refractivity contribution in [1.29, 1.82) is 0 Å². The summed E-state index contributed by atoms with van der Waals surface area (Å²) >= 11 is 0. The van der Waals surface area contributed by atoms with Crippen molar-refractivity contribution in [2.24, 2.45) is 5.92 Å². The van der Waals surface area contributed by atoms with Crippen LogP contribution < -0.4 is 5.32 Å². The first kappa shape index (κ1) is 24.0. The molecule has 34 heavy (non-hydrogen) atoms. The van der Waals surface area contributed by atoms with Crippen molar-refractivity contribution < 1.29 is 14.4 Å². The predicted molar refractivity (Wildman–Crippen MR) is 132 cm³/mol. The van der Waals surface area contributed by atoms with Gasteiger partial charge in [-0.05, 0) is 62.1 Å². The number of carbonyl (C=O) groups excluding carboxylic acids is 3. The molecule has 2 aliphatic rings. The molecule has 2 aromatic carbocycles. The Labute approximate surface area is 202 Å². The highest BCUT2D eigenvalue weighted by Gasteiger charge is 2.36. The molecule has 3 amide bonds. The van der Waals surface area contributed by atoms with Gasteiger partial charge in [-0.25, -0.2) is 0 Å². The summed E-state index contributed by atoms with van der Waals surface area (Å²) < 4.78 is 0. The van der Waals surface area contributed by atoms with Gasteiger partial charge in [-0.2, -0.15) is 0 Å². The van der Waals surface area contributed by atoms with E-state index in [-0.39, 0.29) is 23.6 Å². The van der Waals surface area contributed by atoms with E-state index in [4.69, 9.17) is 0 Å². The Morgan fingerprint density at radius 2 is 1.41 bits per heavy atom. The van der Waals surface area contributed by atoms with Crippen molar-refractivity contribution >= 4 is 17.7 Å². The zero-order valence-corrected chi connectivity index (χ0v) is 19.8. The van der Waals surface area contributed by atoms with Crippen molar-refractivity contribution in [2.45, 2.75) is 51.0 Å². The topological polar surface area (TPSA) is 69.7 Å². The molecule has 2 heterocycles. The fraction of sp³-hybridized carbons (Fsp3) is 0.464. The summed E-state index contributed by atoms with van der Waals surface area (Å²) in [4.78, 5) is 43.0. The minimum atomic E-state index is -0.549. The monoisotopic (exact) mass is 461 g/mol. The first-order valence-electron chi connectivity index (χ1n) is 12.6. The van der Waals surface area contributed by atoms with Crippen LogP contribution in [0.2, 0.25) is 0 Å². The summed E-state index contributed by atoms with van der Waals surface area (Å²) in [5.41, 5.74) is 1.73. The number of hydrogen-bond donors (Lipinski definition) is 1. The van der Waals surface area contributed by atoms with Gasteiger partial charge in [0.25, 0.3) is 5.91 Å². The van der Waals surface area contributed by atoms with E-state index in [0.717, 1.165) is 51.6 Å². The predicted octanol–water partition coefficient (Wildman–Crippen LogP) is 3.67. The van der Waals surface area contributed by atoms with Gasteiger partial charge in [0.05, 0.1) is 0 Å². The number of hydrogen-bond acceptors (Lipinski definition) is 3. The Morgan fingerprint density at radius 3 is 2.06 bits per heavy atom. The molecule has 4 rings (SSSR count). The van der Waals surface area contributed by atoms with E-state index < -0.39 is 6.04 Å². The van der Waals surface area contributed by atoms with Gasteiger partial charge in [0.2, 0.25) is 11.8 Å². The largest absolute Gasteiger partial charge is 0.343 e. The molecule has 1 N–H and O–H groups in total. The molecule has 2 saturated heterocycles. The van der Waals surface area contributed by atoms with Crippen LogP contribution in [0.4, 0.5) is 0 Å². The minimum Gasteiger partial charge on any atom is -0.343 e.